The molecule has 0 N–H and O–H groups in total. The first-order chi connectivity index (χ1) is 15.6. The summed E-state index contributed by atoms with van der Waals surface area (Å²) in [4.78, 5) is 9.63. The Kier molecular flexibility index (Phi) is 4.32. The Bertz CT molecular complexity index is 1450. The van der Waals surface area contributed by atoms with E-state index in [1.54, 1.807) is 4.68 Å². The average molecular weight is 429 g/mol. The lowest BCUT2D eigenvalue weighted by Crippen LogP contribution is -2.19. The van der Waals surface area contributed by atoms with E-state index in [2.05, 4.69) is 27.4 Å². The maximum Gasteiger partial charge on any atom is 0.156 e. The zero-order valence-electron chi connectivity index (χ0n) is 18.4. The number of aryl methyl sites for hydroxylation is 3. The predicted octanol–water partition coefficient (Wildman–Crippen LogP) is 3.88. The number of aromatic nitrogens is 8. The summed E-state index contributed by atoms with van der Waals surface area (Å²) in [7, 11) is 1.90. The lowest BCUT2D eigenvalue weighted by Gasteiger charge is -2.23. The van der Waals surface area contributed by atoms with Gasteiger partial charge in [-0.2, -0.15) is 15.3 Å². The van der Waals surface area contributed by atoms with Crippen molar-refractivity contribution in [2.75, 3.05) is 6.61 Å². The van der Waals surface area contributed by atoms with Crippen molar-refractivity contribution in [1.29, 1.82) is 0 Å². The molecular formula is C23H24N8O. The summed E-state index contributed by atoms with van der Waals surface area (Å²) in [5.74, 6) is 0.755. The number of hydrogen-bond donors (Lipinski definition) is 0. The van der Waals surface area contributed by atoms with Gasteiger partial charge in [-0.1, -0.05) is 0 Å². The molecule has 6 rings (SSSR count). The van der Waals surface area contributed by atoms with Crippen LogP contribution in [0, 0.1) is 13.8 Å². The van der Waals surface area contributed by atoms with Gasteiger partial charge in [-0.3, -0.25) is 9.67 Å². The van der Waals surface area contributed by atoms with Crippen molar-refractivity contribution < 1.29 is 4.74 Å². The van der Waals surface area contributed by atoms with Crippen molar-refractivity contribution >= 4 is 21.8 Å². The molecule has 9 heteroatoms. The molecule has 0 aliphatic carbocycles. The number of rotatable bonds is 3. The van der Waals surface area contributed by atoms with Crippen molar-refractivity contribution in [3.05, 3.63) is 48.3 Å². The number of pyridine rings is 2. The van der Waals surface area contributed by atoms with Crippen LogP contribution in [-0.2, 0) is 11.8 Å². The van der Waals surface area contributed by atoms with Crippen molar-refractivity contribution in [3.8, 4) is 17.1 Å². The van der Waals surface area contributed by atoms with Gasteiger partial charge in [0.1, 0.15) is 0 Å². The van der Waals surface area contributed by atoms with Crippen LogP contribution in [0.2, 0.25) is 0 Å². The molecule has 6 heterocycles. The van der Waals surface area contributed by atoms with Crippen LogP contribution in [0.5, 0.6) is 0 Å². The molecule has 0 amide bonds. The molecule has 0 spiro atoms. The molecule has 0 radical (unpaired) electrons. The van der Waals surface area contributed by atoms with Gasteiger partial charge < -0.3 is 4.74 Å². The molecule has 32 heavy (non-hydrogen) atoms. The highest BCUT2D eigenvalue weighted by Gasteiger charge is 2.21. The van der Waals surface area contributed by atoms with Gasteiger partial charge in [0.05, 0.1) is 41.0 Å². The second-order valence-electron chi connectivity index (χ2n) is 8.39. The summed E-state index contributed by atoms with van der Waals surface area (Å²) in [6.45, 7) is 4.79. The summed E-state index contributed by atoms with van der Waals surface area (Å²) < 4.78 is 11.7. The Morgan fingerprint density at radius 3 is 2.50 bits per heavy atom. The van der Waals surface area contributed by atoms with Gasteiger partial charge in [0.15, 0.2) is 12.0 Å². The lowest BCUT2D eigenvalue weighted by molar-refractivity contribution is -0.0366. The van der Waals surface area contributed by atoms with Crippen LogP contribution in [0.4, 0.5) is 0 Å². The summed E-state index contributed by atoms with van der Waals surface area (Å²) in [6.07, 6.45) is 10.7. The third-order valence-corrected chi connectivity index (χ3v) is 6.18. The number of fused-ring (bicyclic) bond motifs is 2. The van der Waals surface area contributed by atoms with Crippen molar-refractivity contribution in [2.45, 2.75) is 39.3 Å². The minimum Gasteiger partial charge on any atom is -0.356 e. The van der Waals surface area contributed by atoms with Gasteiger partial charge in [-0.05, 0) is 39.2 Å². The molecule has 0 saturated carbocycles. The molecule has 9 nitrogen and oxygen atoms in total. The fraction of sp³-hybridized carbons (Fsp3) is 0.348. The smallest absolute Gasteiger partial charge is 0.156 e. The summed E-state index contributed by atoms with van der Waals surface area (Å²) >= 11 is 0. The Labute approximate surface area is 184 Å². The molecule has 1 saturated heterocycles. The zero-order chi connectivity index (χ0) is 21.8. The van der Waals surface area contributed by atoms with Gasteiger partial charge in [0.2, 0.25) is 0 Å². The largest absolute Gasteiger partial charge is 0.356 e. The fourth-order valence-corrected chi connectivity index (χ4v) is 4.50. The topological polar surface area (TPSA) is 88.5 Å². The number of ether oxygens (including phenoxy) is 1. The SMILES string of the molecule is Cc1nc(-c2cnn(C)c2)cc2c1cnn2-c1cc2c(cnn2C2CCCCO2)c(C)n1. The second-order valence-corrected chi connectivity index (χ2v) is 8.39. The number of nitrogens with zero attached hydrogens (tertiary/aromatic N) is 8. The van der Waals surface area contributed by atoms with E-state index in [1.165, 1.54) is 0 Å². The molecule has 5 aromatic heterocycles. The first kappa shape index (κ1) is 19.1. The lowest BCUT2D eigenvalue weighted by atomic mass is 10.1. The van der Waals surface area contributed by atoms with Gasteiger partial charge in [-0.15, -0.1) is 0 Å². The average Bonchev–Trinajstić information content (AvgIpc) is 3.52. The van der Waals surface area contributed by atoms with Crippen LogP contribution in [-0.4, -0.2) is 45.9 Å². The van der Waals surface area contributed by atoms with Crippen molar-refractivity contribution in [2.24, 2.45) is 7.05 Å². The Morgan fingerprint density at radius 2 is 1.72 bits per heavy atom. The van der Waals surface area contributed by atoms with E-state index in [0.29, 0.717) is 0 Å². The maximum absolute atomic E-state index is 6.00. The van der Waals surface area contributed by atoms with E-state index >= 15 is 0 Å². The minimum absolute atomic E-state index is 0.0334. The minimum atomic E-state index is -0.0334. The molecule has 5 aromatic rings. The van der Waals surface area contributed by atoms with Gasteiger partial charge in [0.25, 0.3) is 0 Å². The van der Waals surface area contributed by atoms with Crippen LogP contribution in [0.15, 0.2) is 36.9 Å². The summed E-state index contributed by atoms with van der Waals surface area (Å²) in [6, 6.07) is 4.11. The van der Waals surface area contributed by atoms with E-state index in [1.807, 2.05) is 55.0 Å². The summed E-state index contributed by atoms with van der Waals surface area (Å²) in [5.41, 5.74) is 5.65. The standard InChI is InChI=1S/C23H24N8O/c1-14-17-11-25-30(20(17)8-19(27-14)16-10-24-29(3)13-16)22-9-21-18(15(2)28-22)12-26-31(21)23-6-4-5-7-32-23/h8-13,23H,4-7H2,1-3H3. The maximum atomic E-state index is 6.00. The Morgan fingerprint density at radius 1 is 0.906 bits per heavy atom. The van der Waals surface area contributed by atoms with E-state index in [4.69, 9.17) is 14.7 Å². The third kappa shape index (κ3) is 3.00. The second kappa shape index (κ2) is 7.23. The summed E-state index contributed by atoms with van der Waals surface area (Å²) in [5, 5.41) is 15.6. The van der Waals surface area contributed by atoms with E-state index in [-0.39, 0.29) is 6.23 Å². The van der Waals surface area contributed by atoms with Crippen LogP contribution in [0.3, 0.4) is 0 Å². The molecular weight excluding hydrogens is 404 g/mol. The fourth-order valence-electron chi connectivity index (χ4n) is 4.50. The van der Waals surface area contributed by atoms with Gasteiger partial charge in [-0.25, -0.2) is 14.3 Å². The van der Waals surface area contributed by atoms with Crippen LogP contribution in [0.1, 0.15) is 36.9 Å². The van der Waals surface area contributed by atoms with Crippen molar-refractivity contribution in [3.63, 3.8) is 0 Å². The van der Waals surface area contributed by atoms with E-state index in [0.717, 1.165) is 76.1 Å². The molecule has 0 bridgehead atoms. The highest BCUT2D eigenvalue weighted by molar-refractivity contribution is 5.87. The van der Waals surface area contributed by atoms with E-state index in [9.17, 15) is 0 Å². The van der Waals surface area contributed by atoms with Gasteiger partial charge in [0, 0.05) is 47.9 Å². The zero-order valence-corrected chi connectivity index (χ0v) is 18.4. The first-order valence-corrected chi connectivity index (χ1v) is 10.9. The predicted molar refractivity (Wildman–Crippen MR) is 120 cm³/mol. The van der Waals surface area contributed by atoms with Crippen LogP contribution in [0.25, 0.3) is 38.9 Å². The van der Waals surface area contributed by atoms with Crippen molar-refractivity contribution in [1.82, 2.24) is 39.3 Å². The third-order valence-electron chi connectivity index (χ3n) is 6.18. The molecule has 1 atom stereocenters. The van der Waals surface area contributed by atoms with Crippen LogP contribution < -0.4 is 0 Å². The Hall–Kier alpha value is -3.59. The molecule has 1 fully saturated rings. The molecule has 1 aliphatic rings. The molecule has 1 aliphatic heterocycles. The quantitative estimate of drug-likeness (QED) is 0.433. The molecule has 162 valence electrons. The Balaban J connectivity index is 1.52. The highest BCUT2D eigenvalue weighted by atomic mass is 16.5. The highest BCUT2D eigenvalue weighted by Crippen LogP contribution is 2.30. The molecule has 0 aromatic carbocycles. The van der Waals surface area contributed by atoms with Crippen LogP contribution >= 0.6 is 0 Å². The molecule has 1 unspecified atom stereocenters. The first-order valence-electron chi connectivity index (χ1n) is 10.9. The monoisotopic (exact) mass is 428 g/mol. The number of hydrogen-bond acceptors (Lipinski definition) is 6. The van der Waals surface area contributed by atoms with Gasteiger partial charge >= 0.3 is 0 Å². The normalized spacial score (nSPS) is 16.9. The van der Waals surface area contributed by atoms with E-state index < -0.39 is 0 Å².